The van der Waals surface area contributed by atoms with E-state index in [1.54, 1.807) is 0 Å². The number of amides is 2. The van der Waals surface area contributed by atoms with Crippen LogP contribution in [0.3, 0.4) is 0 Å². The minimum absolute atomic E-state index is 0. The molecule has 0 atom stereocenters. The van der Waals surface area contributed by atoms with Crippen LogP contribution in [0.2, 0.25) is 0 Å². The van der Waals surface area contributed by atoms with Gasteiger partial charge in [0.2, 0.25) is 0 Å². The molecule has 4 radical (unpaired) electrons. The van der Waals surface area contributed by atoms with Gasteiger partial charge in [-0.1, -0.05) is 0 Å². The number of primary amides is 2. The predicted octanol–water partition coefficient (Wildman–Crippen LogP) is -1.84. The van der Waals surface area contributed by atoms with Crippen molar-refractivity contribution in [2.75, 3.05) is 0 Å². The van der Waals surface area contributed by atoms with Crippen molar-refractivity contribution in [3.8, 4) is 0 Å². The van der Waals surface area contributed by atoms with Gasteiger partial charge in [-0.3, -0.25) is 0 Å². The van der Waals surface area contributed by atoms with Gasteiger partial charge in [0.05, 0.1) is 0 Å². The summed E-state index contributed by atoms with van der Waals surface area (Å²) in [7, 11) is 0. The first-order chi connectivity index (χ1) is 1.73. The maximum atomic E-state index is 9.00. The number of carbonyl (C=O) groups excluding carboxylic acids is 1. The molecule has 0 fully saturated rings. The molecule has 0 aromatic rings. The first-order valence-corrected chi connectivity index (χ1v) is 0.781. The molecule has 0 unspecified atom stereocenters. The minimum Gasteiger partial charge on any atom is -0.352 e. The molecular weight excluding hydrogens is 93.0 g/mol. The second-order valence-corrected chi connectivity index (χ2v) is 0.402. The quantitative estimate of drug-likeness (QED) is 0.341. The Labute approximate surface area is 58.1 Å². The van der Waals surface area contributed by atoms with Crippen molar-refractivity contribution in [1.29, 1.82) is 0 Å². The summed E-state index contributed by atoms with van der Waals surface area (Å²) >= 11 is 0. The van der Waals surface area contributed by atoms with Crippen molar-refractivity contribution in [2.24, 2.45) is 11.5 Å². The maximum Gasteiger partial charge on any atom is 0.309 e. The summed E-state index contributed by atoms with van der Waals surface area (Å²) in [5.74, 6) is 0. The van der Waals surface area contributed by atoms with Gasteiger partial charge in [-0.2, -0.15) is 0 Å². The fourth-order valence-electron chi connectivity index (χ4n) is 0. The van der Waals surface area contributed by atoms with Crippen LogP contribution in [0.25, 0.3) is 0 Å². The molecule has 0 aliphatic carbocycles. The van der Waals surface area contributed by atoms with Crippen molar-refractivity contribution in [2.45, 2.75) is 0 Å². The normalized spacial score (nSPS) is 4.00. The fourth-order valence-corrected chi connectivity index (χ4v) is 0. The van der Waals surface area contributed by atoms with Crippen LogP contribution in [-0.2, 0) is 0 Å². The van der Waals surface area contributed by atoms with E-state index in [0.29, 0.717) is 0 Å². The smallest absolute Gasteiger partial charge is 0.309 e. The molecular formula is CH4N3NaO. The Morgan fingerprint density at radius 1 is 1.33 bits per heavy atom. The third-order valence-corrected chi connectivity index (χ3v) is 0. The number of hydrogen-bond acceptors (Lipinski definition) is 1. The Morgan fingerprint density at radius 3 is 1.33 bits per heavy atom. The van der Waals surface area contributed by atoms with E-state index in [4.69, 9.17) is 4.79 Å². The second-order valence-electron chi connectivity index (χ2n) is 0.402. The summed E-state index contributed by atoms with van der Waals surface area (Å²) < 4.78 is 0. The van der Waals surface area contributed by atoms with Gasteiger partial charge < -0.3 is 11.5 Å². The van der Waals surface area contributed by atoms with Crippen LogP contribution >= 0.6 is 0 Å². The average Bonchev–Trinajstić information content (AvgIpc) is 0.811. The van der Waals surface area contributed by atoms with E-state index in [-0.39, 0.29) is 35.7 Å². The van der Waals surface area contributed by atoms with Crippen molar-refractivity contribution < 1.29 is 4.79 Å². The maximum absolute atomic E-state index is 9.00. The van der Waals surface area contributed by atoms with Crippen LogP contribution in [0, 0.1) is 0 Å². The summed E-state index contributed by atoms with van der Waals surface area (Å²) in [4.78, 5) is 9.00. The molecule has 0 saturated heterocycles. The topological polar surface area (TPSA) is 99.6 Å². The van der Waals surface area contributed by atoms with Gasteiger partial charge in [0.25, 0.3) is 0 Å². The first-order valence-electron chi connectivity index (χ1n) is 0.781. The van der Waals surface area contributed by atoms with E-state index in [1.165, 1.54) is 0 Å². The molecule has 0 aromatic heterocycles. The van der Waals surface area contributed by atoms with Crippen LogP contribution in [0.15, 0.2) is 0 Å². The van der Waals surface area contributed by atoms with Gasteiger partial charge in [0.15, 0.2) is 0 Å². The van der Waals surface area contributed by atoms with Crippen molar-refractivity contribution in [3.63, 3.8) is 0 Å². The van der Waals surface area contributed by atoms with Gasteiger partial charge in [0, 0.05) is 35.7 Å². The number of nitrogens with zero attached hydrogens (tertiary/aromatic N) is 1. The second kappa shape index (κ2) is 8.97. The van der Waals surface area contributed by atoms with Crippen molar-refractivity contribution in [1.82, 2.24) is 6.15 Å². The molecule has 6 heavy (non-hydrogen) atoms. The molecule has 0 heterocycles. The Morgan fingerprint density at radius 2 is 1.33 bits per heavy atom. The molecule has 4 nitrogen and oxygen atoms in total. The number of carbonyl (C=O) groups is 1. The number of urea groups is 1. The van der Waals surface area contributed by atoms with Crippen LogP contribution < -0.4 is 17.6 Å². The van der Waals surface area contributed by atoms with E-state index in [2.05, 4.69) is 11.5 Å². The first kappa shape index (κ1) is 16.3. The predicted molar refractivity (Wildman–Crippen MR) is 21.7 cm³/mol. The van der Waals surface area contributed by atoms with E-state index in [0.717, 1.165) is 0 Å². The van der Waals surface area contributed by atoms with Crippen molar-refractivity contribution >= 4 is 35.6 Å². The summed E-state index contributed by atoms with van der Waals surface area (Å²) in [6.07, 6.45) is 0. The fraction of sp³-hybridized carbons (Fsp3) is 0. The molecule has 30 valence electrons. The molecule has 0 aliphatic heterocycles. The summed E-state index contributed by atoms with van der Waals surface area (Å²) in [5.41, 5.74) is 8.50. The zero-order valence-electron chi connectivity index (χ0n) is 3.51. The Hall–Kier alpha value is 0.230. The summed E-state index contributed by atoms with van der Waals surface area (Å²) in [6.45, 7) is 0. The van der Waals surface area contributed by atoms with Crippen LogP contribution in [0.1, 0.15) is 0 Å². The zero-order chi connectivity index (χ0) is 3.58. The Bertz CT molecular complexity index is 33.8. The third-order valence-electron chi connectivity index (χ3n) is 0. The molecule has 0 saturated carbocycles. The zero-order valence-corrected chi connectivity index (χ0v) is 5.51. The Kier molecular flexibility index (Phi) is 24.4. The average molecular weight is 97.1 g/mol. The largest absolute Gasteiger partial charge is 0.352 e. The third kappa shape index (κ3) is 834. The van der Waals surface area contributed by atoms with Crippen LogP contribution in [0.4, 0.5) is 4.79 Å². The number of rotatable bonds is 0. The molecule has 0 bridgehead atoms. The SMILES string of the molecule is NC(N)=O.[N].[Na]. The van der Waals surface area contributed by atoms with E-state index in [9.17, 15) is 0 Å². The number of nitrogens with two attached hydrogens (primary N) is 2. The monoisotopic (exact) mass is 97.0 g/mol. The molecule has 2 amide bonds. The van der Waals surface area contributed by atoms with Crippen LogP contribution in [-0.4, -0.2) is 35.6 Å². The van der Waals surface area contributed by atoms with Crippen molar-refractivity contribution in [3.05, 3.63) is 0 Å². The minimum atomic E-state index is -0.833. The Balaban J connectivity index is -0.0000000450. The van der Waals surface area contributed by atoms with Gasteiger partial charge in [-0.25, -0.2) is 4.79 Å². The van der Waals surface area contributed by atoms with Gasteiger partial charge in [-0.05, 0) is 0 Å². The molecule has 0 rings (SSSR count). The summed E-state index contributed by atoms with van der Waals surface area (Å²) in [5, 5.41) is 0. The van der Waals surface area contributed by atoms with E-state index in [1.807, 2.05) is 0 Å². The molecule has 0 aromatic carbocycles. The van der Waals surface area contributed by atoms with Gasteiger partial charge in [0.1, 0.15) is 0 Å². The molecule has 0 aliphatic rings. The summed E-state index contributed by atoms with van der Waals surface area (Å²) in [6, 6.07) is -0.833. The van der Waals surface area contributed by atoms with Crippen LogP contribution in [0.5, 0.6) is 0 Å². The molecule has 0 spiro atoms. The van der Waals surface area contributed by atoms with E-state index >= 15 is 0 Å². The number of hydrogen-bond donors (Lipinski definition) is 2. The van der Waals surface area contributed by atoms with Gasteiger partial charge >= 0.3 is 6.03 Å². The van der Waals surface area contributed by atoms with Gasteiger partial charge in [-0.15, -0.1) is 0 Å². The standard InChI is InChI=1S/CH4N2O.N.Na/c2-1(3)4;;/h(H4,2,3,4);;. The van der Waals surface area contributed by atoms with E-state index < -0.39 is 6.03 Å². The molecule has 5 heteroatoms. The molecule has 4 N–H and O–H groups in total.